The molecule has 0 spiro atoms. The Labute approximate surface area is 136 Å². The summed E-state index contributed by atoms with van der Waals surface area (Å²) in [5.74, 6) is 1.69. The Kier molecular flexibility index (Phi) is 3.63. The first-order chi connectivity index (χ1) is 11.1. The van der Waals surface area contributed by atoms with E-state index in [9.17, 15) is 9.59 Å². The minimum absolute atomic E-state index is 0.139. The fourth-order valence-electron chi connectivity index (χ4n) is 5.36. The topological polar surface area (TPSA) is 55.4 Å². The van der Waals surface area contributed by atoms with E-state index in [0.717, 1.165) is 24.9 Å². The number of anilines is 1. The lowest BCUT2D eigenvalue weighted by Gasteiger charge is -2.55. The first-order valence-electron chi connectivity index (χ1n) is 8.65. The normalized spacial score (nSPS) is 34.2. The van der Waals surface area contributed by atoms with E-state index in [2.05, 4.69) is 5.32 Å². The number of hydrogen-bond donors (Lipinski definition) is 1. The van der Waals surface area contributed by atoms with Crippen LogP contribution in [0.3, 0.4) is 0 Å². The average molecular weight is 313 g/mol. The van der Waals surface area contributed by atoms with Crippen LogP contribution in [0.2, 0.25) is 0 Å². The van der Waals surface area contributed by atoms with Gasteiger partial charge in [0.15, 0.2) is 6.61 Å². The molecule has 0 saturated heterocycles. The summed E-state index contributed by atoms with van der Waals surface area (Å²) in [6.07, 6.45) is 6.79. The molecular formula is C19H23NO3. The van der Waals surface area contributed by atoms with Gasteiger partial charge in [-0.25, -0.2) is 0 Å². The number of amides is 1. The van der Waals surface area contributed by atoms with Gasteiger partial charge in [0.1, 0.15) is 0 Å². The molecule has 5 rings (SSSR count). The summed E-state index contributed by atoms with van der Waals surface area (Å²) < 4.78 is 5.41. The van der Waals surface area contributed by atoms with Crippen molar-refractivity contribution in [2.45, 2.75) is 38.5 Å². The zero-order valence-electron chi connectivity index (χ0n) is 13.3. The van der Waals surface area contributed by atoms with Crippen LogP contribution in [0.1, 0.15) is 38.5 Å². The molecule has 4 heteroatoms. The number of benzene rings is 1. The lowest BCUT2D eigenvalue weighted by Crippen LogP contribution is -2.50. The average Bonchev–Trinajstić information content (AvgIpc) is 2.52. The van der Waals surface area contributed by atoms with E-state index in [0.29, 0.717) is 17.8 Å². The summed E-state index contributed by atoms with van der Waals surface area (Å²) >= 11 is 0. The van der Waals surface area contributed by atoms with Crippen molar-refractivity contribution in [1.82, 2.24) is 0 Å². The van der Waals surface area contributed by atoms with Crippen molar-refractivity contribution in [2.75, 3.05) is 11.9 Å². The second-order valence-corrected chi connectivity index (χ2v) is 7.69. The van der Waals surface area contributed by atoms with Crippen LogP contribution in [-0.2, 0) is 14.3 Å². The van der Waals surface area contributed by atoms with Gasteiger partial charge in [-0.15, -0.1) is 0 Å². The van der Waals surface area contributed by atoms with Gasteiger partial charge in [0, 0.05) is 5.69 Å². The van der Waals surface area contributed by atoms with E-state index in [-0.39, 0.29) is 23.9 Å². The fraction of sp³-hybridized carbons (Fsp3) is 0.579. The van der Waals surface area contributed by atoms with Crippen LogP contribution >= 0.6 is 0 Å². The number of ether oxygens (including phenoxy) is 1. The van der Waals surface area contributed by atoms with Gasteiger partial charge in [-0.05, 0) is 68.4 Å². The second-order valence-electron chi connectivity index (χ2n) is 7.69. The maximum atomic E-state index is 12.7. The molecule has 4 saturated carbocycles. The van der Waals surface area contributed by atoms with Crippen molar-refractivity contribution in [3.05, 3.63) is 30.3 Å². The zero-order valence-corrected chi connectivity index (χ0v) is 13.3. The maximum absolute atomic E-state index is 12.7. The molecule has 1 amide bonds. The molecule has 0 aromatic heterocycles. The van der Waals surface area contributed by atoms with E-state index in [1.165, 1.54) is 19.3 Å². The maximum Gasteiger partial charge on any atom is 0.312 e. The van der Waals surface area contributed by atoms with Gasteiger partial charge in [0.2, 0.25) is 0 Å². The molecule has 4 bridgehead atoms. The lowest BCUT2D eigenvalue weighted by molar-refractivity contribution is -0.172. The fourth-order valence-corrected chi connectivity index (χ4v) is 5.36. The minimum Gasteiger partial charge on any atom is -0.455 e. The predicted octanol–water partition coefficient (Wildman–Crippen LogP) is 3.38. The molecule has 0 atom stereocenters. The molecule has 1 N–H and O–H groups in total. The minimum atomic E-state index is -0.290. The molecule has 0 unspecified atom stereocenters. The molecule has 0 heterocycles. The van der Waals surface area contributed by atoms with Crippen LogP contribution in [0.5, 0.6) is 0 Å². The Balaban J connectivity index is 1.34. The molecule has 1 aromatic carbocycles. The third kappa shape index (κ3) is 2.87. The third-order valence-corrected chi connectivity index (χ3v) is 5.86. The Bertz CT molecular complexity index is 575. The lowest BCUT2D eigenvalue weighted by atomic mass is 9.49. The molecule has 23 heavy (non-hydrogen) atoms. The van der Waals surface area contributed by atoms with Crippen molar-refractivity contribution in [3.63, 3.8) is 0 Å². The number of rotatable bonds is 4. The molecule has 122 valence electrons. The molecule has 4 fully saturated rings. The molecule has 0 radical (unpaired) electrons. The van der Waals surface area contributed by atoms with Crippen molar-refractivity contribution >= 4 is 17.6 Å². The van der Waals surface area contributed by atoms with E-state index < -0.39 is 0 Å². The summed E-state index contributed by atoms with van der Waals surface area (Å²) in [7, 11) is 0. The highest BCUT2D eigenvalue weighted by Gasteiger charge is 2.55. The monoisotopic (exact) mass is 313 g/mol. The van der Waals surface area contributed by atoms with Gasteiger partial charge in [0.05, 0.1) is 5.41 Å². The number of para-hydroxylation sites is 1. The Hall–Kier alpha value is -1.84. The Morgan fingerprint density at radius 3 is 2.13 bits per heavy atom. The quantitative estimate of drug-likeness (QED) is 0.867. The first-order valence-corrected chi connectivity index (χ1v) is 8.65. The molecule has 4 nitrogen and oxygen atoms in total. The summed E-state index contributed by atoms with van der Waals surface area (Å²) in [5.41, 5.74) is 0.435. The van der Waals surface area contributed by atoms with Crippen molar-refractivity contribution < 1.29 is 14.3 Å². The first kappa shape index (κ1) is 14.7. The molecule has 0 aliphatic heterocycles. The summed E-state index contributed by atoms with van der Waals surface area (Å²) in [4.78, 5) is 24.6. The van der Waals surface area contributed by atoms with Crippen LogP contribution < -0.4 is 5.32 Å². The largest absolute Gasteiger partial charge is 0.455 e. The number of esters is 1. The molecule has 4 aliphatic carbocycles. The van der Waals surface area contributed by atoms with Crippen molar-refractivity contribution in [2.24, 2.45) is 23.2 Å². The van der Waals surface area contributed by atoms with E-state index in [4.69, 9.17) is 4.74 Å². The predicted molar refractivity (Wildman–Crippen MR) is 86.6 cm³/mol. The molecule has 4 aliphatic rings. The second kappa shape index (κ2) is 5.66. The smallest absolute Gasteiger partial charge is 0.312 e. The van der Waals surface area contributed by atoms with Gasteiger partial charge in [-0.1, -0.05) is 18.2 Å². The molecular weight excluding hydrogens is 290 g/mol. The number of nitrogens with one attached hydrogen (secondary N) is 1. The van der Waals surface area contributed by atoms with Crippen LogP contribution in [0.25, 0.3) is 0 Å². The van der Waals surface area contributed by atoms with Gasteiger partial charge >= 0.3 is 5.97 Å². The summed E-state index contributed by atoms with van der Waals surface area (Å²) in [6.45, 7) is -0.185. The van der Waals surface area contributed by atoms with Crippen LogP contribution in [0, 0.1) is 23.2 Å². The number of hydrogen-bond acceptors (Lipinski definition) is 3. The van der Waals surface area contributed by atoms with Crippen molar-refractivity contribution in [1.29, 1.82) is 0 Å². The van der Waals surface area contributed by atoms with E-state index >= 15 is 0 Å². The summed E-state index contributed by atoms with van der Waals surface area (Å²) in [5, 5.41) is 2.75. The Morgan fingerprint density at radius 1 is 1.00 bits per heavy atom. The zero-order chi connectivity index (χ0) is 15.9. The molecule has 1 aromatic rings. The van der Waals surface area contributed by atoms with Gasteiger partial charge in [0.25, 0.3) is 5.91 Å². The highest BCUT2D eigenvalue weighted by atomic mass is 16.5. The van der Waals surface area contributed by atoms with E-state index in [1.807, 2.05) is 30.3 Å². The van der Waals surface area contributed by atoms with Gasteiger partial charge in [-0.3, -0.25) is 9.59 Å². The van der Waals surface area contributed by atoms with Gasteiger partial charge < -0.3 is 10.1 Å². The third-order valence-electron chi connectivity index (χ3n) is 5.86. The van der Waals surface area contributed by atoms with Crippen molar-refractivity contribution in [3.8, 4) is 0 Å². The summed E-state index contributed by atoms with van der Waals surface area (Å²) in [6, 6.07) is 9.24. The van der Waals surface area contributed by atoms with Crippen LogP contribution in [0.15, 0.2) is 30.3 Å². The van der Waals surface area contributed by atoms with Crippen LogP contribution in [-0.4, -0.2) is 18.5 Å². The van der Waals surface area contributed by atoms with Gasteiger partial charge in [-0.2, -0.15) is 0 Å². The Morgan fingerprint density at radius 2 is 1.57 bits per heavy atom. The highest BCUT2D eigenvalue weighted by Crippen LogP contribution is 2.60. The van der Waals surface area contributed by atoms with E-state index in [1.54, 1.807) is 0 Å². The SMILES string of the molecule is O=C(COC(=O)C12CC3CC(CC(C3)C1)C2)Nc1ccccc1. The standard InChI is InChI=1S/C19H23NO3/c21-17(20-16-4-2-1-3-5-16)12-23-18(22)19-9-13-6-14(10-19)8-15(7-13)11-19/h1-5,13-15H,6-12H2,(H,20,21). The highest BCUT2D eigenvalue weighted by molar-refractivity contribution is 5.93. The van der Waals surface area contributed by atoms with Crippen LogP contribution in [0.4, 0.5) is 5.69 Å². The number of carbonyl (C=O) groups excluding carboxylic acids is 2. The number of carbonyl (C=O) groups is 2.